The van der Waals surface area contributed by atoms with E-state index in [1.165, 1.54) is 0 Å². The first-order valence-electron chi connectivity index (χ1n) is 6.06. The van der Waals surface area contributed by atoms with Crippen LogP contribution in [-0.4, -0.2) is 19.7 Å². The van der Waals surface area contributed by atoms with E-state index in [0.717, 1.165) is 22.6 Å². The van der Waals surface area contributed by atoms with Crippen LogP contribution in [0.2, 0.25) is 0 Å². The first kappa shape index (κ1) is 13.3. The molecule has 0 spiro atoms. The number of anilines is 2. The molecule has 2 rings (SSSR count). The quantitative estimate of drug-likeness (QED) is 0.562. The van der Waals surface area contributed by atoms with Crippen LogP contribution in [0, 0.1) is 20.8 Å². The number of hydrazine groups is 1. The van der Waals surface area contributed by atoms with Crippen molar-refractivity contribution in [1.29, 1.82) is 0 Å². The molecule has 0 saturated carbocycles. The standard InChI is InChI=1S/C12H19N7/c1-7-11(16-9(3)17-12(7)18-13)14-5-10-6-15-19(4)8(10)2/h6H,5,13H2,1-4H3,(H2,14,16,17,18). The zero-order valence-corrected chi connectivity index (χ0v) is 11.7. The lowest BCUT2D eigenvalue weighted by molar-refractivity contribution is 0.738. The predicted molar refractivity (Wildman–Crippen MR) is 74.6 cm³/mol. The van der Waals surface area contributed by atoms with Gasteiger partial charge in [0, 0.05) is 30.4 Å². The Labute approximate surface area is 112 Å². The van der Waals surface area contributed by atoms with Gasteiger partial charge in [-0.1, -0.05) is 0 Å². The Morgan fingerprint density at radius 2 is 1.89 bits per heavy atom. The molecule has 0 aromatic carbocycles. The number of nitrogen functional groups attached to an aromatic ring is 1. The Kier molecular flexibility index (Phi) is 3.66. The van der Waals surface area contributed by atoms with E-state index in [-0.39, 0.29) is 0 Å². The lowest BCUT2D eigenvalue weighted by atomic mass is 10.2. The fourth-order valence-corrected chi connectivity index (χ4v) is 1.84. The summed E-state index contributed by atoms with van der Waals surface area (Å²) in [5, 5.41) is 7.51. The summed E-state index contributed by atoms with van der Waals surface area (Å²) in [6.45, 7) is 6.46. The van der Waals surface area contributed by atoms with Gasteiger partial charge in [-0.15, -0.1) is 0 Å². The van der Waals surface area contributed by atoms with Crippen LogP contribution < -0.4 is 16.6 Å². The van der Waals surface area contributed by atoms with Crippen molar-refractivity contribution in [2.45, 2.75) is 27.3 Å². The Morgan fingerprint density at radius 1 is 1.21 bits per heavy atom. The minimum Gasteiger partial charge on any atom is -0.365 e. The molecule has 0 amide bonds. The van der Waals surface area contributed by atoms with Crippen LogP contribution in [0.25, 0.3) is 0 Å². The molecule has 2 aromatic heterocycles. The van der Waals surface area contributed by atoms with Gasteiger partial charge in [0.15, 0.2) is 0 Å². The number of nitrogens with zero attached hydrogens (tertiary/aromatic N) is 4. The van der Waals surface area contributed by atoms with Crippen LogP contribution in [-0.2, 0) is 13.6 Å². The molecule has 0 fully saturated rings. The Bertz CT molecular complexity index is 588. The number of nitrogens with two attached hydrogens (primary N) is 1. The molecule has 2 heterocycles. The minimum atomic E-state index is 0.637. The second kappa shape index (κ2) is 5.23. The van der Waals surface area contributed by atoms with Gasteiger partial charge in [-0.25, -0.2) is 15.8 Å². The van der Waals surface area contributed by atoms with Crippen molar-refractivity contribution in [3.05, 3.63) is 28.8 Å². The molecular formula is C12H19N7. The molecule has 0 saturated heterocycles. The number of aromatic nitrogens is 4. The molecular weight excluding hydrogens is 242 g/mol. The number of nitrogens with one attached hydrogen (secondary N) is 2. The Balaban J connectivity index is 2.20. The molecule has 0 radical (unpaired) electrons. The van der Waals surface area contributed by atoms with Gasteiger partial charge < -0.3 is 10.7 Å². The van der Waals surface area contributed by atoms with E-state index in [0.29, 0.717) is 18.2 Å². The fourth-order valence-electron chi connectivity index (χ4n) is 1.84. The molecule has 7 nitrogen and oxygen atoms in total. The molecule has 7 heteroatoms. The van der Waals surface area contributed by atoms with Crippen molar-refractivity contribution in [2.24, 2.45) is 12.9 Å². The maximum absolute atomic E-state index is 5.44. The summed E-state index contributed by atoms with van der Waals surface area (Å²) >= 11 is 0. The SMILES string of the molecule is Cc1nc(NN)c(C)c(NCc2cnn(C)c2C)n1. The van der Waals surface area contributed by atoms with Crippen LogP contribution in [0.1, 0.15) is 22.6 Å². The molecule has 0 atom stereocenters. The first-order chi connectivity index (χ1) is 9.02. The van der Waals surface area contributed by atoms with Crippen molar-refractivity contribution in [3.63, 3.8) is 0 Å². The third kappa shape index (κ3) is 2.65. The summed E-state index contributed by atoms with van der Waals surface area (Å²) in [5.41, 5.74) is 5.75. The third-order valence-electron chi connectivity index (χ3n) is 3.18. The van der Waals surface area contributed by atoms with Gasteiger partial charge >= 0.3 is 0 Å². The topological polar surface area (TPSA) is 93.7 Å². The highest BCUT2D eigenvalue weighted by atomic mass is 15.3. The average Bonchev–Trinajstić information content (AvgIpc) is 2.70. The van der Waals surface area contributed by atoms with E-state index in [9.17, 15) is 0 Å². The van der Waals surface area contributed by atoms with Crippen molar-refractivity contribution in [2.75, 3.05) is 10.7 Å². The van der Waals surface area contributed by atoms with Crippen LogP contribution in [0.4, 0.5) is 11.6 Å². The second-order valence-corrected chi connectivity index (χ2v) is 4.47. The van der Waals surface area contributed by atoms with Gasteiger partial charge in [0.25, 0.3) is 0 Å². The number of rotatable bonds is 4. The highest BCUT2D eigenvalue weighted by molar-refractivity contribution is 5.56. The molecule has 0 aliphatic carbocycles. The number of aryl methyl sites for hydroxylation is 2. The van der Waals surface area contributed by atoms with E-state index in [1.807, 2.05) is 38.7 Å². The largest absolute Gasteiger partial charge is 0.365 e. The summed E-state index contributed by atoms with van der Waals surface area (Å²) in [4.78, 5) is 8.61. The smallest absolute Gasteiger partial charge is 0.148 e. The fraction of sp³-hybridized carbons (Fsp3) is 0.417. The van der Waals surface area contributed by atoms with Crippen LogP contribution in [0.15, 0.2) is 6.20 Å². The lowest BCUT2D eigenvalue weighted by Crippen LogP contribution is -2.14. The zero-order valence-electron chi connectivity index (χ0n) is 11.7. The van der Waals surface area contributed by atoms with Crippen molar-refractivity contribution < 1.29 is 0 Å². The van der Waals surface area contributed by atoms with Crippen LogP contribution >= 0.6 is 0 Å². The third-order valence-corrected chi connectivity index (χ3v) is 3.18. The van der Waals surface area contributed by atoms with E-state index in [2.05, 4.69) is 25.8 Å². The van der Waals surface area contributed by atoms with Gasteiger partial charge in [0.1, 0.15) is 17.5 Å². The van der Waals surface area contributed by atoms with E-state index < -0.39 is 0 Å². The van der Waals surface area contributed by atoms with Crippen molar-refractivity contribution in [1.82, 2.24) is 19.7 Å². The maximum atomic E-state index is 5.44. The van der Waals surface area contributed by atoms with Crippen LogP contribution in [0.5, 0.6) is 0 Å². The van der Waals surface area contributed by atoms with Crippen molar-refractivity contribution >= 4 is 11.6 Å². The molecule has 102 valence electrons. The predicted octanol–water partition coefficient (Wildman–Crippen LogP) is 1.03. The highest BCUT2D eigenvalue weighted by Crippen LogP contribution is 2.19. The second-order valence-electron chi connectivity index (χ2n) is 4.47. The van der Waals surface area contributed by atoms with E-state index in [4.69, 9.17) is 5.84 Å². The molecule has 0 unspecified atom stereocenters. The summed E-state index contributed by atoms with van der Waals surface area (Å²) < 4.78 is 1.85. The Hall–Kier alpha value is -2.15. The van der Waals surface area contributed by atoms with Crippen LogP contribution in [0.3, 0.4) is 0 Å². The maximum Gasteiger partial charge on any atom is 0.148 e. The summed E-state index contributed by atoms with van der Waals surface area (Å²) in [6.07, 6.45) is 1.85. The molecule has 0 bridgehead atoms. The van der Waals surface area contributed by atoms with Gasteiger partial charge in [-0.05, 0) is 20.8 Å². The molecule has 0 aliphatic rings. The summed E-state index contributed by atoms with van der Waals surface area (Å²) in [5.74, 6) is 7.53. The molecule has 19 heavy (non-hydrogen) atoms. The first-order valence-corrected chi connectivity index (χ1v) is 6.06. The minimum absolute atomic E-state index is 0.637. The van der Waals surface area contributed by atoms with Gasteiger partial charge in [-0.2, -0.15) is 5.10 Å². The summed E-state index contributed by atoms with van der Waals surface area (Å²) in [6, 6.07) is 0. The van der Waals surface area contributed by atoms with Gasteiger partial charge in [0.2, 0.25) is 0 Å². The molecule has 2 aromatic rings. The zero-order chi connectivity index (χ0) is 14.0. The number of hydrogen-bond acceptors (Lipinski definition) is 6. The highest BCUT2D eigenvalue weighted by Gasteiger charge is 2.09. The van der Waals surface area contributed by atoms with E-state index >= 15 is 0 Å². The monoisotopic (exact) mass is 261 g/mol. The summed E-state index contributed by atoms with van der Waals surface area (Å²) in [7, 11) is 1.93. The average molecular weight is 261 g/mol. The van der Waals surface area contributed by atoms with Gasteiger partial charge in [0.05, 0.1) is 6.20 Å². The lowest BCUT2D eigenvalue weighted by Gasteiger charge is -2.12. The van der Waals surface area contributed by atoms with E-state index in [1.54, 1.807) is 0 Å². The molecule has 0 aliphatic heterocycles. The van der Waals surface area contributed by atoms with Gasteiger partial charge in [-0.3, -0.25) is 4.68 Å². The Morgan fingerprint density at radius 3 is 2.47 bits per heavy atom. The molecule has 4 N–H and O–H groups in total. The normalized spacial score (nSPS) is 10.6. The van der Waals surface area contributed by atoms with Crippen molar-refractivity contribution in [3.8, 4) is 0 Å². The number of hydrogen-bond donors (Lipinski definition) is 3.